The average Bonchev–Trinajstić information content (AvgIpc) is 2.13. The van der Waals surface area contributed by atoms with Gasteiger partial charge in [0, 0.05) is 19.6 Å². The highest BCUT2D eigenvalue weighted by Crippen LogP contribution is 2.14. The summed E-state index contributed by atoms with van der Waals surface area (Å²) in [5.41, 5.74) is -0.443. The Bertz CT molecular complexity index is 343. The zero-order valence-electron chi connectivity index (χ0n) is 11.3. The van der Waals surface area contributed by atoms with E-state index >= 15 is 0 Å². The van der Waals surface area contributed by atoms with E-state index in [9.17, 15) is 8.42 Å². The number of hydrogen-bond acceptors (Lipinski definition) is 5. The molecule has 1 N–H and O–H groups in total. The number of hydrogen-bond donors (Lipinski definition) is 1. The lowest BCUT2D eigenvalue weighted by atomic mass is 10.2. The van der Waals surface area contributed by atoms with Gasteiger partial charge < -0.3 is 9.47 Å². The summed E-state index contributed by atoms with van der Waals surface area (Å²) in [6, 6.07) is 0. The molecule has 0 amide bonds. The van der Waals surface area contributed by atoms with Crippen LogP contribution in [0.25, 0.3) is 0 Å². The maximum Gasteiger partial charge on any atom is 0.267 e. The zero-order valence-corrected chi connectivity index (χ0v) is 12.1. The topological polar surface area (TPSA) is 76.1 Å². The minimum absolute atomic E-state index is 0.373. The smallest absolute Gasteiger partial charge is 0.267 e. The van der Waals surface area contributed by atoms with Crippen LogP contribution in [0.5, 0.6) is 0 Å². The highest BCUT2D eigenvalue weighted by molar-refractivity contribution is 7.85. The summed E-state index contributed by atoms with van der Waals surface area (Å²) in [5, 5.41) is 0. The minimum Gasteiger partial charge on any atom is -0.379 e. The first-order chi connectivity index (χ1) is 8.16. The van der Waals surface area contributed by atoms with Gasteiger partial charge in [0.15, 0.2) is 0 Å². The fourth-order valence-corrected chi connectivity index (χ4v) is 2.57. The summed E-state index contributed by atoms with van der Waals surface area (Å²) in [6.45, 7) is 8.89. The van der Waals surface area contributed by atoms with Crippen molar-refractivity contribution >= 4 is 10.1 Å². The Labute approximate surface area is 109 Å². The second-order valence-corrected chi connectivity index (χ2v) is 7.01. The normalized spacial score (nSPS) is 20.9. The van der Waals surface area contributed by atoms with Gasteiger partial charge in [-0.3, -0.25) is 9.45 Å². The summed E-state index contributed by atoms with van der Waals surface area (Å²) < 4.78 is 41.9. The van der Waals surface area contributed by atoms with Crippen LogP contribution in [0.1, 0.15) is 20.8 Å². The Morgan fingerprint density at radius 1 is 1.33 bits per heavy atom. The van der Waals surface area contributed by atoms with E-state index in [-0.39, 0.29) is 5.75 Å². The van der Waals surface area contributed by atoms with Crippen LogP contribution in [0, 0.1) is 0 Å². The van der Waals surface area contributed by atoms with Crippen molar-refractivity contribution in [2.24, 2.45) is 0 Å². The summed E-state index contributed by atoms with van der Waals surface area (Å²) in [6.07, 6.45) is -0.530. The van der Waals surface area contributed by atoms with Gasteiger partial charge in [-0.15, -0.1) is 0 Å². The third-order valence-electron chi connectivity index (χ3n) is 2.48. The number of nitrogens with zero attached hydrogens (tertiary/aromatic N) is 1. The molecule has 6 nitrogen and oxygen atoms in total. The molecule has 1 heterocycles. The van der Waals surface area contributed by atoms with Crippen LogP contribution in [0.2, 0.25) is 0 Å². The largest absolute Gasteiger partial charge is 0.379 e. The molecule has 1 rings (SSSR count). The van der Waals surface area contributed by atoms with E-state index in [1.165, 1.54) is 0 Å². The lowest BCUT2D eigenvalue weighted by Gasteiger charge is -2.33. The predicted molar refractivity (Wildman–Crippen MR) is 68.3 cm³/mol. The Balaban J connectivity index is 2.58. The molecule has 18 heavy (non-hydrogen) atoms. The summed E-state index contributed by atoms with van der Waals surface area (Å²) in [7, 11) is -4.03. The van der Waals surface area contributed by atoms with Gasteiger partial charge in [0.25, 0.3) is 10.1 Å². The maximum absolute atomic E-state index is 11.0. The number of ether oxygens (including phenoxy) is 2. The molecule has 1 atom stereocenters. The molecule has 7 heteroatoms. The van der Waals surface area contributed by atoms with Crippen LogP contribution in [-0.2, 0) is 19.6 Å². The molecule has 0 spiro atoms. The Morgan fingerprint density at radius 2 is 1.89 bits per heavy atom. The van der Waals surface area contributed by atoms with Gasteiger partial charge in [0.2, 0.25) is 0 Å². The second kappa shape index (κ2) is 6.29. The highest BCUT2D eigenvalue weighted by Gasteiger charge is 2.26. The fraction of sp³-hybridized carbons (Fsp3) is 1.00. The van der Waals surface area contributed by atoms with Gasteiger partial charge in [-0.05, 0) is 20.8 Å². The van der Waals surface area contributed by atoms with E-state index in [1.54, 1.807) is 0 Å². The molecule has 0 aromatic carbocycles. The van der Waals surface area contributed by atoms with E-state index in [4.69, 9.17) is 14.0 Å². The Kier molecular flexibility index (Phi) is 5.54. The Hall–Kier alpha value is -0.210. The molecule has 0 radical (unpaired) electrons. The molecular formula is C11H23NO5S. The molecule has 1 unspecified atom stereocenters. The van der Waals surface area contributed by atoms with Gasteiger partial charge in [0.1, 0.15) is 5.75 Å². The van der Waals surface area contributed by atoms with Crippen molar-refractivity contribution in [3.8, 4) is 0 Å². The lowest BCUT2D eigenvalue weighted by molar-refractivity contribution is -0.0712. The van der Waals surface area contributed by atoms with Gasteiger partial charge in [-0.1, -0.05) is 0 Å². The average molecular weight is 281 g/mol. The molecule has 1 fully saturated rings. The third-order valence-corrected chi connectivity index (χ3v) is 3.28. The molecule has 0 aliphatic carbocycles. The van der Waals surface area contributed by atoms with Crippen molar-refractivity contribution in [3.63, 3.8) is 0 Å². The maximum atomic E-state index is 11.0. The minimum atomic E-state index is -4.03. The van der Waals surface area contributed by atoms with Crippen LogP contribution >= 0.6 is 0 Å². The van der Waals surface area contributed by atoms with Crippen LogP contribution in [0.3, 0.4) is 0 Å². The lowest BCUT2D eigenvalue weighted by Crippen LogP contribution is -2.45. The van der Waals surface area contributed by atoms with Crippen molar-refractivity contribution < 1.29 is 22.4 Å². The van der Waals surface area contributed by atoms with E-state index in [0.717, 1.165) is 13.1 Å². The predicted octanol–water partition coefficient (Wildman–Crippen LogP) is 0.390. The standard InChI is InChI=1S/C11H23NO5S/c1-11(2,3)17-10(9-18(13,14)15)8-12-4-6-16-7-5-12/h10H,4-9H2,1-3H3,(H,13,14,15). The first kappa shape index (κ1) is 15.8. The monoisotopic (exact) mass is 281 g/mol. The van der Waals surface area contributed by atoms with Crippen LogP contribution in [0.15, 0.2) is 0 Å². The summed E-state index contributed by atoms with van der Waals surface area (Å²) in [5.74, 6) is -0.373. The first-order valence-electron chi connectivity index (χ1n) is 6.09. The van der Waals surface area contributed by atoms with Gasteiger partial charge in [-0.2, -0.15) is 8.42 Å². The first-order valence-corrected chi connectivity index (χ1v) is 7.70. The summed E-state index contributed by atoms with van der Waals surface area (Å²) in [4.78, 5) is 2.09. The van der Waals surface area contributed by atoms with Crippen molar-refractivity contribution in [2.45, 2.75) is 32.5 Å². The quantitative estimate of drug-likeness (QED) is 0.735. The van der Waals surface area contributed by atoms with Crippen molar-refractivity contribution in [1.82, 2.24) is 4.90 Å². The van der Waals surface area contributed by atoms with Crippen LogP contribution in [-0.4, -0.2) is 68.2 Å². The molecule has 0 saturated carbocycles. The SMILES string of the molecule is CC(C)(C)OC(CN1CCOCC1)CS(=O)(=O)O. The molecule has 0 aromatic heterocycles. The van der Waals surface area contributed by atoms with Crippen LogP contribution in [0.4, 0.5) is 0 Å². The van der Waals surface area contributed by atoms with Crippen molar-refractivity contribution in [1.29, 1.82) is 0 Å². The van der Waals surface area contributed by atoms with E-state index < -0.39 is 21.8 Å². The molecule has 0 aromatic rings. The van der Waals surface area contributed by atoms with Crippen molar-refractivity contribution in [3.05, 3.63) is 0 Å². The van der Waals surface area contributed by atoms with Crippen LogP contribution < -0.4 is 0 Å². The molecular weight excluding hydrogens is 258 g/mol. The molecule has 108 valence electrons. The number of morpholine rings is 1. The third kappa shape index (κ3) is 7.27. The highest BCUT2D eigenvalue weighted by atomic mass is 32.2. The Morgan fingerprint density at radius 3 is 2.33 bits per heavy atom. The van der Waals surface area contributed by atoms with E-state index in [1.807, 2.05) is 20.8 Å². The van der Waals surface area contributed by atoms with Gasteiger partial charge in [0.05, 0.1) is 24.9 Å². The number of rotatable bonds is 5. The molecule has 1 aliphatic heterocycles. The van der Waals surface area contributed by atoms with Gasteiger partial charge >= 0.3 is 0 Å². The van der Waals surface area contributed by atoms with E-state index in [0.29, 0.717) is 19.8 Å². The summed E-state index contributed by atoms with van der Waals surface area (Å²) >= 11 is 0. The van der Waals surface area contributed by atoms with E-state index in [2.05, 4.69) is 4.90 Å². The van der Waals surface area contributed by atoms with Gasteiger partial charge in [-0.25, -0.2) is 0 Å². The second-order valence-electron chi connectivity index (χ2n) is 5.51. The molecule has 1 aliphatic rings. The van der Waals surface area contributed by atoms with Crippen molar-refractivity contribution in [2.75, 3.05) is 38.6 Å². The zero-order chi connectivity index (χ0) is 13.8. The fourth-order valence-electron chi connectivity index (χ4n) is 1.93. The molecule has 1 saturated heterocycles. The molecule has 0 bridgehead atoms.